The van der Waals surface area contributed by atoms with Crippen LogP contribution in [0.25, 0.3) is 0 Å². The molecule has 26 heavy (non-hydrogen) atoms. The van der Waals surface area contributed by atoms with Gasteiger partial charge in [-0.1, -0.05) is 54.1 Å². The molecule has 0 aliphatic rings. The molecule has 2 amide bonds. The lowest BCUT2D eigenvalue weighted by molar-refractivity contribution is -0.154. The van der Waals surface area contributed by atoms with Crippen molar-refractivity contribution in [1.29, 1.82) is 0 Å². The Balaban J connectivity index is 2.17. The lowest BCUT2D eigenvalue weighted by atomic mass is 10.0. The van der Waals surface area contributed by atoms with Gasteiger partial charge in [0.2, 0.25) is 0 Å². The number of primary amides is 1. The fraction of sp³-hybridized carbons (Fsp3) is 0.211. The van der Waals surface area contributed by atoms with E-state index >= 15 is 0 Å². The first-order valence-corrected chi connectivity index (χ1v) is 8.35. The Labute approximate surface area is 156 Å². The average Bonchev–Trinajstić information content (AvgIpc) is 2.62. The van der Waals surface area contributed by atoms with E-state index in [4.69, 9.17) is 22.1 Å². The van der Waals surface area contributed by atoms with E-state index in [9.17, 15) is 14.4 Å². The van der Waals surface area contributed by atoms with Crippen LogP contribution >= 0.6 is 11.6 Å². The molecule has 0 unspecified atom stereocenters. The van der Waals surface area contributed by atoms with Crippen LogP contribution in [-0.4, -0.2) is 23.9 Å². The number of rotatable bonds is 7. The zero-order valence-corrected chi connectivity index (χ0v) is 14.9. The first kappa shape index (κ1) is 19.5. The predicted molar refractivity (Wildman–Crippen MR) is 97.5 cm³/mol. The summed E-state index contributed by atoms with van der Waals surface area (Å²) in [5.74, 6) is -1.81. The molecule has 2 aromatic rings. The summed E-state index contributed by atoms with van der Waals surface area (Å²) in [6.45, 7) is 1.39. The van der Waals surface area contributed by atoms with Crippen molar-refractivity contribution >= 4 is 29.4 Å². The highest BCUT2D eigenvalue weighted by atomic mass is 35.5. The minimum atomic E-state index is -1.04. The number of carbonyl (C=O) groups excluding carboxylic acids is 3. The van der Waals surface area contributed by atoms with Gasteiger partial charge in [-0.3, -0.25) is 14.4 Å². The Morgan fingerprint density at radius 1 is 1.08 bits per heavy atom. The molecular formula is C19H19ClN2O4. The van der Waals surface area contributed by atoms with Gasteiger partial charge in [-0.25, -0.2) is 0 Å². The van der Waals surface area contributed by atoms with Crippen molar-refractivity contribution in [3.63, 3.8) is 0 Å². The maximum atomic E-state index is 12.5. The van der Waals surface area contributed by atoms with E-state index in [1.165, 1.54) is 6.92 Å². The molecule has 3 N–H and O–H groups in total. The Kier molecular flexibility index (Phi) is 6.74. The lowest BCUT2D eigenvalue weighted by Crippen LogP contribution is -2.34. The summed E-state index contributed by atoms with van der Waals surface area (Å²) in [4.78, 5) is 35.7. The maximum absolute atomic E-state index is 12.5. The number of hydrogen-bond acceptors (Lipinski definition) is 4. The number of nitrogens with one attached hydrogen (secondary N) is 1. The first-order valence-electron chi connectivity index (χ1n) is 7.97. The number of ether oxygens (including phenoxy) is 1. The fourth-order valence-corrected chi connectivity index (χ4v) is 2.51. The normalized spacial score (nSPS) is 12.7. The minimum absolute atomic E-state index is 0.155. The van der Waals surface area contributed by atoms with Crippen LogP contribution in [0.15, 0.2) is 54.6 Å². The van der Waals surface area contributed by atoms with Crippen molar-refractivity contribution in [1.82, 2.24) is 5.32 Å². The number of hydrogen-bond donors (Lipinski definition) is 2. The summed E-state index contributed by atoms with van der Waals surface area (Å²) in [5.41, 5.74) is 6.12. The smallest absolute Gasteiger partial charge is 0.309 e. The van der Waals surface area contributed by atoms with Gasteiger partial charge in [0.1, 0.15) is 0 Å². The molecular weight excluding hydrogens is 356 g/mol. The monoisotopic (exact) mass is 374 g/mol. The highest BCUT2D eigenvalue weighted by molar-refractivity contribution is 6.33. The number of benzene rings is 2. The van der Waals surface area contributed by atoms with Crippen molar-refractivity contribution in [3.8, 4) is 0 Å². The molecule has 6 nitrogen and oxygen atoms in total. The highest BCUT2D eigenvalue weighted by Gasteiger charge is 2.23. The quantitative estimate of drug-likeness (QED) is 0.728. The van der Waals surface area contributed by atoms with Gasteiger partial charge < -0.3 is 15.8 Å². The van der Waals surface area contributed by atoms with Crippen LogP contribution in [0.1, 0.15) is 35.3 Å². The van der Waals surface area contributed by atoms with E-state index in [1.54, 1.807) is 48.5 Å². The summed E-state index contributed by atoms with van der Waals surface area (Å²) < 4.78 is 4.98. The molecule has 136 valence electrons. The summed E-state index contributed by atoms with van der Waals surface area (Å²) in [6.07, 6.45) is -1.20. The largest absolute Gasteiger partial charge is 0.452 e. The van der Waals surface area contributed by atoms with E-state index in [1.807, 2.05) is 6.07 Å². The van der Waals surface area contributed by atoms with Gasteiger partial charge in [-0.05, 0) is 24.6 Å². The molecule has 0 fully saturated rings. The predicted octanol–water partition coefficient (Wildman–Crippen LogP) is 2.62. The third-order valence-electron chi connectivity index (χ3n) is 3.71. The van der Waals surface area contributed by atoms with Gasteiger partial charge in [0.15, 0.2) is 6.10 Å². The molecule has 2 atom stereocenters. The van der Waals surface area contributed by atoms with Crippen LogP contribution in [0.3, 0.4) is 0 Å². The maximum Gasteiger partial charge on any atom is 0.309 e. The second-order valence-corrected chi connectivity index (χ2v) is 6.06. The third-order valence-corrected chi connectivity index (χ3v) is 4.04. The third kappa shape index (κ3) is 5.32. The lowest BCUT2D eigenvalue weighted by Gasteiger charge is -2.20. The van der Waals surface area contributed by atoms with Gasteiger partial charge in [0, 0.05) is 0 Å². The average molecular weight is 375 g/mol. The van der Waals surface area contributed by atoms with Crippen molar-refractivity contribution in [3.05, 3.63) is 70.7 Å². The Morgan fingerprint density at radius 3 is 2.31 bits per heavy atom. The van der Waals surface area contributed by atoms with Crippen molar-refractivity contribution in [2.24, 2.45) is 5.73 Å². The van der Waals surface area contributed by atoms with Crippen molar-refractivity contribution in [2.75, 3.05) is 0 Å². The van der Waals surface area contributed by atoms with Gasteiger partial charge in [0.25, 0.3) is 11.8 Å². The SMILES string of the molecule is C[C@H](OC(=O)C[C@H](NC(=O)c1ccccc1Cl)c1ccccc1)C(N)=O. The molecule has 0 aliphatic carbocycles. The molecule has 0 spiro atoms. The summed E-state index contributed by atoms with van der Waals surface area (Å²) in [5, 5.41) is 3.09. The van der Waals surface area contributed by atoms with Crippen LogP contribution in [0.5, 0.6) is 0 Å². The zero-order chi connectivity index (χ0) is 19.1. The second kappa shape index (κ2) is 9.01. The van der Waals surface area contributed by atoms with Gasteiger partial charge in [-0.2, -0.15) is 0 Å². The Bertz CT molecular complexity index is 795. The molecule has 0 heterocycles. The van der Waals surface area contributed by atoms with E-state index in [2.05, 4.69) is 5.32 Å². The first-order chi connectivity index (χ1) is 12.4. The summed E-state index contributed by atoms with van der Waals surface area (Å²) in [6, 6.07) is 14.9. The molecule has 0 bridgehead atoms. The van der Waals surface area contributed by atoms with E-state index in [-0.39, 0.29) is 6.42 Å². The standard InChI is InChI=1S/C19H19ClN2O4/c1-12(18(21)24)26-17(23)11-16(13-7-3-2-4-8-13)22-19(25)14-9-5-6-10-15(14)20/h2-10,12,16H,11H2,1H3,(H2,21,24)(H,22,25)/t12-,16-/m0/s1. The number of halogens is 1. The van der Waals surface area contributed by atoms with Gasteiger partial charge in [0.05, 0.1) is 23.0 Å². The molecule has 7 heteroatoms. The van der Waals surface area contributed by atoms with Crippen molar-refractivity contribution in [2.45, 2.75) is 25.5 Å². The molecule has 0 radical (unpaired) electrons. The van der Waals surface area contributed by atoms with Crippen LogP contribution in [0, 0.1) is 0 Å². The fourth-order valence-electron chi connectivity index (χ4n) is 2.29. The number of carbonyl (C=O) groups is 3. The van der Waals surface area contributed by atoms with E-state index < -0.39 is 29.9 Å². The molecule has 0 saturated heterocycles. The van der Waals surface area contributed by atoms with Crippen LogP contribution in [0.2, 0.25) is 5.02 Å². The summed E-state index contributed by atoms with van der Waals surface area (Å²) >= 11 is 6.05. The molecule has 2 rings (SSSR count). The molecule has 0 aliphatic heterocycles. The van der Waals surface area contributed by atoms with Crippen LogP contribution in [0.4, 0.5) is 0 Å². The van der Waals surface area contributed by atoms with Crippen LogP contribution in [-0.2, 0) is 14.3 Å². The number of amides is 2. The molecule has 2 aromatic carbocycles. The number of nitrogens with two attached hydrogens (primary N) is 1. The minimum Gasteiger partial charge on any atom is -0.452 e. The highest BCUT2D eigenvalue weighted by Crippen LogP contribution is 2.21. The topological polar surface area (TPSA) is 98.5 Å². The van der Waals surface area contributed by atoms with Crippen molar-refractivity contribution < 1.29 is 19.1 Å². The Hall–Kier alpha value is -2.86. The van der Waals surface area contributed by atoms with Gasteiger partial charge in [-0.15, -0.1) is 0 Å². The number of esters is 1. The Morgan fingerprint density at radius 2 is 1.69 bits per heavy atom. The molecule has 0 saturated carbocycles. The zero-order valence-electron chi connectivity index (χ0n) is 14.1. The molecule has 0 aromatic heterocycles. The van der Waals surface area contributed by atoms with E-state index in [0.717, 1.165) is 5.56 Å². The van der Waals surface area contributed by atoms with Crippen LogP contribution < -0.4 is 11.1 Å². The second-order valence-electron chi connectivity index (χ2n) is 5.66. The summed E-state index contributed by atoms with van der Waals surface area (Å²) in [7, 11) is 0. The van der Waals surface area contributed by atoms with E-state index in [0.29, 0.717) is 10.6 Å². The van der Waals surface area contributed by atoms with Gasteiger partial charge >= 0.3 is 5.97 Å².